The molecule has 0 saturated carbocycles. The van der Waals surface area contributed by atoms with Crippen LogP contribution >= 0.6 is 0 Å². The molecule has 3 rings (SSSR count). The number of nitrogens with one attached hydrogen (secondary N) is 2. The summed E-state index contributed by atoms with van der Waals surface area (Å²) in [5.41, 5.74) is 0.424. The molecule has 29 heavy (non-hydrogen) atoms. The summed E-state index contributed by atoms with van der Waals surface area (Å²) >= 11 is 0. The van der Waals surface area contributed by atoms with Crippen LogP contribution in [0.1, 0.15) is 35.7 Å². The standard InChI is InChI=1S/C20H27F3N6/c1-24-19(25-12-16-14-28(2)27-18(16)20(21,22)23)26-13-17(29-10-6-7-11-29)15-8-4-3-5-9-15/h3-5,8-9,14,17H,6-7,10-13H2,1-2H3,(H2,24,25,26). The lowest BCUT2D eigenvalue weighted by Crippen LogP contribution is -2.42. The number of aromatic nitrogens is 2. The molecule has 0 bridgehead atoms. The molecule has 158 valence electrons. The molecule has 0 radical (unpaired) electrons. The number of halogens is 3. The van der Waals surface area contributed by atoms with E-state index in [1.807, 2.05) is 18.2 Å². The molecular weight excluding hydrogens is 381 g/mol. The van der Waals surface area contributed by atoms with Crippen LogP contribution in [-0.2, 0) is 19.8 Å². The van der Waals surface area contributed by atoms with Gasteiger partial charge in [-0.3, -0.25) is 14.6 Å². The summed E-state index contributed by atoms with van der Waals surface area (Å²) in [4.78, 5) is 6.59. The van der Waals surface area contributed by atoms with Gasteiger partial charge in [-0.25, -0.2) is 0 Å². The Morgan fingerprint density at radius 1 is 1.17 bits per heavy atom. The molecule has 1 aliphatic heterocycles. The largest absolute Gasteiger partial charge is 0.435 e. The molecule has 2 aromatic rings. The third kappa shape index (κ3) is 5.50. The molecule has 1 aliphatic rings. The lowest BCUT2D eigenvalue weighted by molar-refractivity contribution is -0.142. The van der Waals surface area contributed by atoms with Gasteiger partial charge in [0, 0.05) is 38.9 Å². The van der Waals surface area contributed by atoms with Crippen LogP contribution < -0.4 is 10.6 Å². The first-order valence-electron chi connectivity index (χ1n) is 9.71. The average molecular weight is 408 g/mol. The van der Waals surface area contributed by atoms with E-state index in [9.17, 15) is 13.2 Å². The Bertz CT molecular complexity index is 809. The highest BCUT2D eigenvalue weighted by Crippen LogP contribution is 2.30. The van der Waals surface area contributed by atoms with E-state index in [-0.39, 0.29) is 18.2 Å². The molecule has 0 amide bonds. The molecule has 0 aliphatic carbocycles. The Morgan fingerprint density at radius 2 is 1.86 bits per heavy atom. The fourth-order valence-electron chi connectivity index (χ4n) is 3.68. The number of aliphatic imine (C=N–C) groups is 1. The Kier molecular flexibility index (Phi) is 6.79. The van der Waals surface area contributed by atoms with Gasteiger partial charge in [-0.1, -0.05) is 30.3 Å². The molecular formula is C20H27F3N6. The first kappa shape index (κ1) is 21.2. The van der Waals surface area contributed by atoms with Crippen molar-refractivity contribution in [1.29, 1.82) is 0 Å². The minimum Gasteiger partial charge on any atom is -0.354 e. The van der Waals surface area contributed by atoms with Gasteiger partial charge < -0.3 is 10.6 Å². The number of alkyl halides is 3. The number of benzene rings is 1. The van der Waals surface area contributed by atoms with Crippen LogP contribution in [0.2, 0.25) is 0 Å². The van der Waals surface area contributed by atoms with Gasteiger partial charge in [-0.05, 0) is 31.5 Å². The van der Waals surface area contributed by atoms with E-state index in [4.69, 9.17) is 0 Å². The predicted octanol–water partition coefficient (Wildman–Crippen LogP) is 2.94. The number of likely N-dealkylation sites (tertiary alicyclic amines) is 1. The second-order valence-electron chi connectivity index (χ2n) is 7.15. The SMILES string of the molecule is CN=C(NCc1cn(C)nc1C(F)(F)F)NCC(c1ccccc1)N1CCCC1. The lowest BCUT2D eigenvalue weighted by atomic mass is 10.1. The molecule has 1 aromatic carbocycles. The van der Waals surface area contributed by atoms with Crippen LogP contribution in [0.3, 0.4) is 0 Å². The van der Waals surface area contributed by atoms with E-state index in [0.717, 1.165) is 13.1 Å². The molecule has 1 aromatic heterocycles. The number of guanidine groups is 1. The number of rotatable bonds is 6. The summed E-state index contributed by atoms with van der Waals surface area (Å²) in [6, 6.07) is 10.4. The highest BCUT2D eigenvalue weighted by Gasteiger charge is 2.36. The van der Waals surface area contributed by atoms with Gasteiger partial charge in [0.2, 0.25) is 0 Å². The number of aryl methyl sites for hydroxylation is 1. The summed E-state index contributed by atoms with van der Waals surface area (Å²) in [5.74, 6) is 0.460. The van der Waals surface area contributed by atoms with E-state index in [0.29, 0.717) is 12.5 Å². The topological polar surface area (TPSA) is 57.5 Å². The predicted molar refractivity (Wildman–Crippen MR) is 106 cm³/mol. The van der Waals surface area contributed by atoms with Crippen LogP contribution in [0.15, 0.2) is 41.5 Å². The first-order valence-corrected chi connectivity index (χ1v) is 9.71. The van der Waals surface area contributed by atoms with Crippen molar-refractivity contribution in [3.63, 3.8) is 0 Å². The summed E-state index contributed by atoms with van der Waals surface area (Å²) in [6.07, 6.45) is -0.751. The van der Waals surface area contributed by atoms with Crippen LogP contribution in [-0.4, -0.2) is 47.3 Å². The van der Waals surface area contributed by atoms with Crippen molar-refractivity contribution in [2.24, 2.45) is 12.0 Å². The third-order valence-electron chi connectivity index (χ3n) is 5.07. The van der Waals surface area contributed by atoms with E-state index >= 15 is 0 Å². The highest BCUT2D eigenvalue weighted by molar-refractivity contribution is 5.79. The fraction of sp³-hybridized carbons (Fsp3) is 0.500. The molecule has 1 unspecified atom stereocenters. The van der Waals surface area contributed by atoms with Crippen molar-refractivity contribution in [1.82, 2.24) is 25.3 Å². The molecule has 2 N–H and O–H groups in total. The minimum atomic E-state index is -4.48. The van der Waals surface area contributed by atoms with Gasteiger partial charge >= 0.3 is 6.18 Å². The lowest BCUT2D eigenvalue weighted by Gasteiger charge is -2.29. The first-order chi connectivity index (χ1) is 13.9. The zero-order valence-corrected chi connectivity index (χ0v) is 16.7. The van der Waals surface area contributed by atoms with E-state index in [1.165, 1.54) is 36.3 Å². The molecule has 2 heterocycles. The van der Waals surface area contributed by atoms with E-state index < -0.39 is 11.9 Å². The maximum Gasteiger partial charge on any atom is 0.435 e. The van der Waals surface area contributed by atoms with Gasteiger partial charge in [0.25, 0.3) is 0 Å². The van der Waals surface area contributed by atoms with Crippen molar-refractivity contribution in [2.75, 3.05) is 26.7 Å². The van der Waals surface area contributed by atoms with Crippen molar-refractivity contribution >= 4 is 5.96 Å². The Hall–Kier alpha value is -2.55. The number of hydrogen-bond acceptors (Lipinski definition) is 3. The van der Waals surface area contributed by atoms with Crippen molar-refractivity contribution in [2.45, 2.75) is 31.6 Å². The molecule has 1 saturated heterocycles. The highest BCUT2D eigenvalue weighted by atomic mass is 19.4. The summed E-state index contributed by atoms with van der Waals surface area (Å²) in [7, 11) is 3.09. The van der Waals surface area contributed by atoms with Crippen LogP contribution in [0.5, 0.6) is 0 Å². The van der Waals surface area contributed by atoms with Crippen molar-refractivity contribution < 1.29 is 13.2 Å². The van der Waals surface area contributed by atoms with Gasteiger partial charge in [-0.2, -0.15) is 18.3 Å². The monoisotopic (exact) mass is 408 g/mol. The summed E-state index contributed by atoms with van der Waals surface area (Å²) < 4.78 is 40.6. The molecule has 0 spiro atoms. The Balaban J connectivity index is 1.64. The Morgan fingerprint density at radius 3 is 2.48 bits per heavy atom. The van der Waals surface area contributed by atoms with Crippen LogP contribution in [0, 0.1) is 0 Å². The van der Waals surface area contributed by atoms with E-state index in [2.05, 4.69) is 37.8 Å². The maximum absolute atomic E-state index is 13.1. The van der Waals surface area contributed by atoms with Crippen LogP contribution in [0.4, 0.5) is 13.2 Å². The summed E-state index contributed by atoms with van der Waals surface area (Å²) in [6.45, 7) is 2.68. The summed E-state index contributed by atoms with van der Waals surface area (Å²) in [5, 5.41) is 9.78. The zero-order valence-electron chi connectivity index (χ0n) is 16.7. The fourth-order valence-corrected chi connectivity index (χ4v) is 3.68. The van der Waals surface area contributed by atoms with Gasteiger partial charge in [0.1, 0.15) is 0 Å². The normalized spacial score (nSPS) is 16.8. The van der Waals surface area contributed by atoms with Crippen LogP contribution in [0.25, 0.3) is 0 Å². The Labute approximate surface area is 168 Å². The molecule has 6 nitrogen and oxygen atoms in total. The smallest absolute Gasteiger partial charge is 0.354 e. The quantitative estimate of drug-likeness (QED) is 0.570. The zero-order chi connectivity index (χ0) is 20.9. The van der Waals surface area contributed by atoms with Crippen molar-refractivity contribution in [3.05, 3.63) is 53.3 Å². The minimum absolute atomic E-state index is 0.0118. The second-order valence-corrected chi connectivity index (χ2v) is 7.15. The van der Waals surface area contributed by atoms with Gasteiger partial charge in [0.15, 0.2) is 11.7 Å². The third-order valence-corrected chi connectivity index (χ3v) is 5.07. The number of nitrogens with zero attached hydrogens (tertiary/aromatic N) is 4. The number of hydrogen-bond donors (Lipinski definition) is 2. The molecule has 9 heteroatoms. The molecule has 1 fully saturated rings. The van der Waals surface area contributed by atoms with E-state index in [1.54, 1.807) is 7.05 Å². The van der Waals surface area contributed by atoms with Gasteiger partial charge in [-0.15, -0.1) is 0 Å². The second kappa shape index (κ2) is 9.30. The van der Waals surface area contributed by atoms with Gasteiger partial charge in [0.05, 0.1) is 6.04 Å². The maximum atomic E-state index is 13.1. The van der Waals surface area contributed by atoms with Crippen molar-refractivity contribution in [3.8, 4) is 0 Å². The average Bonchev–Trinajstić information content (AvgIpc) is 3.35. The molecule has 1 atom stereocenters.